The van der Waals surface area contributed by atoms with Gasteiger partial charge >= 0.3 is 0 Å². The predicted molar refractivity (Wildman–Crippen MR) is 85.9 cm³/mol. The van der Waals surface area contributed by atoms with Crippen LogP contribution in [0, 0.1) is 0 Å². The van der Waals surface area contributed by atoms with Crippen molar-refractivity contribution in [1.29, 1.82) is 0 Å². The summed E-state index contributed by atoms with van der Waals surface area (Å²) in [6.45, 7) is 11.6. The highest BCUT2D eigenvalue weighted by Crippen LogP contribution is 2.29. The number of likely N-dealkylation sites (tertiary alicyclic amines) is 1. The quantitative estimate of drug-likeness (QED) is 0.617. The molecule has 2 fully saturated rings. The Kier molecular flexibility index (Phi) is 7.32. The third kappa shape index (κ3) is 7.05. The van der Waals surface area contributed by atoms with Crippen LogP contribution in [-0.2, 0) is 4.74 Å². The van der Waals surface area contributed by atoms with E-state index < -0.39 is 5.79 Å². The zero-order chi connectivity index (χ0) is 15.9. The minimum absolute atomic E-state index is 0.493. The molecule has 4 heteroatoms. The van der Waals surface area contributed by atoms with E-state index in [2.05, 4.69) is 29.7 Å². The number of nitrogens with zero attached hydrogens (tertiary/aromatic N) is 1. The lowest BCUT2D eigenvalue weighted by Gasteiger charge is -2.22. The maximum Gasteiger partial charge on any atom is 0.156 e. The average Bonchev–Trinajstić information content (AvgIpc) is 2.96. The zero-order valence-electron chi connectivity index (χ0n) is 13.5. The Balaban J connectivity index is 0.000000383. The summed E-state index contributed by atoms with van der Waals surface area (Å²) in [5, 5.41) is 16.2. The molecule has 2 aliphatic rings. The van der Waals surface area contributed by atoms with Crippen LogP contribution in [0.3, 0.4) is 0 Å². The van der Waals surface area contributed by atoms with Crippen molar-refractivity contribution in [2.75, 3.05) is 19.7 Å². The molecule has 0 aromatic carbocycles. The van der Waals surface area contributed by atoms with Crippen molar-refractivity contribution < 1.29 is 14.9 Å². The summed E-state index contributed by atoms with van der Waals surface area (Å²) in [7, 11) is 0. The van der Waals surface area contributed by atoms with E-state index >= 15 is 0 Å². The molecule has 2 unspecified atom stereocenters. The fraction of sp³-hybridized carbons (Fsp3) is 0.647. The second-order valence-electron chi connectivity index (χ2n) is 5.99. The highest BCUT2D eigenvalue weighted by Gasteiger charge is 2.38. The maximum atomic E-state index is 8.08. The van der Waals surface area contributed by atoms with E-state index in [0.717, 1.165) is 19.7 Å². The molecular weight excluding hydrogens is 266 g/mol. The first-order chi connectivity index (χ1) is 9.85. The van der Waals surface area contributed by atoms with Crippen LogP contribution in [0.4, 0.5) is 0 Å². The number of aliphatic hydroxyl groups is 2. The smallest absolute Gasteiger partial charge is 0.156 e. The predicted octanol–water partition coefficient (Wildman–Crippen LogP) is 2.25. The monoisotopic (exact) mass is 295 g/mol. The molecule has 2 rings (SSSR count). The van der Waals surface area contributed by atoms with Crippen molar-refractivity contribution in [3.8, 4) is 0 Å². The Morgan fingerprint density at radius 1 is 1.38 bits per heavy atom. The number of ether oxygens (including phenoxy) is 1. The molecule has 2 saturated heterocycles. The van der Waals surface area contributed by atoms with Gasteiger partial charge in [0.15, 0.2) is 5.79 Å². The third-order valence-corrected chi connectivity index (χ3v) is 3.50. The standard InChI is InChI=1S/C14H21NO.C3H8O2/c1-3-5-6-12(4-2)11-15-9-7-14-13(15)8-10-16-14;1-3(2,4)5/h3-6,13-14H,2,7-11H2,1H3;4-5H,1-2H3/b5-3-,12-6+;. The van der Waals surface area contributed by atoms with E-state index in [1.54, 1.807) is 0 Å². The number of hydrogen-bond donors (Lipinski definition) is 2. The number of allylic oxidation sites excluding steroid dienone is 3. The highest BCUT2D eigenvalue weighted by atomic mass is 16.5. The van der Waals surface area contributed by atoms with Crippen molar-refractivity contribution in [3.05, 3.63) is 36.5 Å². The van der Waals surface area contributed by atoms with E-state index in [1.165, 1.54) is 32.3 Å². The molecule has 0 bridgehead atoms. The second kappa shape index (κ2) is 8.49. The first kappa shape index (κ1) is 18.1. The number of hydrogen-bond acceptors (Lipinski definition) is 4. The molecular formula is C17H29NO3. The lowest BCUT2D eigenvalue weighted by atomic mass is 10.1. The van der Waals surface area contributed by atoms with Gasteiger partial charge in [0.25, 0.3) is 0 Å². The van der Waals surface area contributed by atoms with Crippen molar-refractivity contribution in [2.24, 2.45) is 0 Å². The summed E-state index contributed by atoms with van der Waals surface area (Å²) in [6, 6.07) is 0.647. The molecule has 2 N–H and O–H groups in total. The molecule has 0 aliphatic carbocycles. The van der Waals surface area contributed by atoms with Crippen molar-refractivity contribution in [1.82, 2.24) is 4.90 Å². The molecule has 0 aromatic rings. The normalized spacial score (nSPS) is 26.6. The molecule has 2 aliphatic heterocycles. The van der Waals surface area contributed by atoms with Crippen LogP contribution in [0.2, 0.25) is 0 Å². The minimum atomic E-state index is -1.50. The molecule has 21 heavy (non-hydrogen) atoms. The Morgan fingerprint density at radius 3 is 2.62 bits per heavy atom. The Bertz CT molecular complexity index is 376. The minimum Gasteiger partial charge on any atom is -0.376 e. The van der Waals surface area contributed by atoms with Crippen LogP contribution >= 0.6 is 0 Å². The summed E-state index contributed by atoms with van der Waals surface area (Å²) in [4.78, 5) is 2.54. The van der Waals surface area contributed by atoms with Gasteiger partial charge in [-0.15, -0.1) is 0 Å². The molecule has 0 amide bonds. The molecule has 2 heterocycles. The lowest BCUT2D eigenvalue weighted by Crippen LogP contribution is -2.33. The molecule has 4 nitrogen and oxygen atoms in total. The van der Waals surface area contributed by atoms with Gasteiger partial charge in [0.2, 0.25) is 0 Å². The zero-order valence-corrected chi connectivity index (χ0v) is 13.5. The maximum absolute atomic E-state index is 8.08. The first-order valence-electron chi connectivity index (χ1n) is 7.60. The van der Waals surface area contributed by atoms with E-state index in [-0.39, 0.29) is 0 Å². The number of rotatable bonds is 4. The van der Waals surface area contributed by atoms with Crippen molar-refractivity contribution in [3.63, 3.8) is 0 Å². The van der Waals surface area contributed by atoms with E-state index in [9.17, 15) is 0 Å². The summed E-state index contributed by atoms with van der Waals surface area (Å²) in [5.74, 6) is -1.50. The van der Waals surface area contributed by atoms with Crippen LogP contribution in [0.1, 0.15) is 33.6 Å². The van der Waals surface area contributed by atoms with Gasteiger partial charge in [-0.1, -0.05) is 30.9 Å². The van der Waals surface area contributed by atoms with Gasteiger partial charge in [0.05, 0.1) is 6.10 Å². The summed E-state index contributed by atoms with van der Waals surface area (Å²) in [6.07, 6.45) is 11.1. The van der Waals surface area contributed by atoms with Crippen molar-refractivity contribution >= 4 is 0 Å². The Hall–Kier alpha value is -0.940. The molecule has 0 saturated carbocycles. The van der Waals surface area contributed by atoms with Gasteiger partial charge in [-0.05, 0) is 39.2 Å². The SMILES string of the molecule is C=C/C(=C\C=C/C)CN1CCC2OCCC21.CC(C)(O)O. The fourth-order valence-electron chi connectivity index (χ4n) is 2.63. The van der Waals surface area contributed by atoms with E-state index in [4.69, 9.17) is 14.9 Å². The average molecular weight is 295 g/mol. The molecule has 2 atom stereocenters. The van der Waals surface area contributed by atoms with E-state index in [0.29, 0.717) is 12.1 Å². The second-order valence-corrected chi connectivity index (χ2v) is 5.99. The van der Waals surface area contributed by atoms with Crippen LogP contribution in [0.25, 0.3) is 0 Å². The van der Waals surface area contributed by atoms with Gasteiger partial charge in [0, 0.05) is 25.7 Å². The molecule has 120 valence electrons. The van der Waals surface area contributed by atoms with Gasteiger partial charge in [0.1, 0.15) is 0 Å². The summed E-state index contributed by atoms with van der Waals surface area (Å²) in [5.41, 5.74) is 1.30. The topological polar surface area (TPSA) is 52.9 Å². The lowest BCUT2D eigenvalue weighted by molar-refractivity contribution is -0.127. The molecule has 0 radical (unpaired) electrons. The van der Waals surface area contributed by atoms with Crippen LogP contribution < -0.4 is 0 Å². The molecule has 0 aromatic heterocycles. The summed E-state index contributed by atoms with van der Waals surface area (Å²) < 4.78 is 5.70. The van der Waals surface area contributed by atoms with Gasteiger partial charge in [-0.25, -0.2) is 0 Å². The first-order valence-corrected chi connectivity index (χ1v) is 7.60. The fourth-order valence-corrected chi connectivity index (χ4v) is 2.63. The van der Waals surface area contributed by atoms with Crippen LogP contribution in [-0.4, -0.2) is 52.7 Å². The Labute approximate surface area is 128 Å². The van der Waals surface area contributed by atoms with Crippen LogP contribution in [0.5, 0.6) is 0 Å². The van der Waals surface area contributed by atoms with Crippen molar-refractivity contribution in [2.45, 2.75) is 51.5 Å². The van der Waals surface area contributed by atoms with Gasteiger partial charge in [-0.3, -0.25) is 4.90 Å². The van der Waals surface area contributed by atoms with Crippen LogP contribution in [0.15, 0.2) is 36.5 Å². The number of fused-ring (bicyclic) bond motifs is 1. The van der Waals surface area contributed by atoms with Gasteiger partial charge < -0.3 is 14.9 Å². The van der Waals surface area contributed by atoms with E-state index in [1.807, 2.05) is 13.0 Å². The highest BCUT2D eigenvalue weighted by molar-refractivity contribution is 5.24. The Morgan fingerprint density at radius 2 is 2.05 bits per heavy atom. The van der Waals surface area contributed by atoms with Gasteiger partial charge in [-0.2, -0.15) is 0 Å². The third-order valence-electron chi connectivity index (χ3n) is 3.50. The largest absolute Gasteiger partial charge is 0.376 e. The molecule has 0 spiro atoms. The summed E-state index contributed by atoms with van der Waals surface area (Å²) >= 11 is 0.